The molecule has 0 amide bonds. The van der Waals surface area contributed by atoms with Crippen molar-refractivity contribution in [2.75, 3.05) is 0 Å². The van der Waals surface area contributed by atoms with Crippen molar-refractivity contribution >= 4 is 11.6 Å². The third kappa shape index (κ3) is 2.30. The average molecular weight is 231 g/mol. The van der Waals surface area contributed by atoms with E-state index in [0.29, 0.717) is 5.56 Å². The van der Waals surface area contributed by atoms with E-state index in [1.54, 1.807) is 0 Å². The lowest BCUT2D eigenvalue weighted by molar-refractivity contribution is 0.384. The summed E-state index contributed by atoms with van der Waals surface area (Å²) in [5, 5.41) is 3.36. The van der Waals surface area contributed by atoms with E-state index < -0.39 is 11.6 Å². The van der Waals surface area contributed by atoms with Crippen LogP contribution in [0.4, 0.5) is 8.78 Å². The number of rotatable bonds is 2. The second kappa shape index (κ2) is 3.94. The SMILES string of the molecule is Fc1ccc(Cc2nc(Cl)no2)cc1F. The average Bonchev–Trinajstić information content (AvgIpc) is 2.58. The van der Waals surface area contributed by atoms with Crippen molar-refractivity contribution in [3.63, 3.8) is 0 Å². The lowest BCUT2D eigenvalue weighted by atomic mass is 10.1. The molecule has 0 aliphatic rings. The normalized spacial score (nSPS) is 10.6. The highest BCUT2D eigenvalue weighted by Gasteiger charge is 2.07. The third-order valence-corrected chi connectivity index (χ3v) is 1.94. The van der Waals surface area contributed by atoms with Gasteiger partial charge in [-0.25, -0.2) is 8.78 Å². The summed E-state index contributed by atoms with van der Waals surface area (Å²) in [4.78, 5) is 3.73. The molecule has 78 valence electrons. The van der Waals surface area contributed by atoms with Gasteiger partial charge >= 0.3 is 0 Å². The first kappa shape index (κ1) is 10.0. The first-order valence-corrected chi connectivity index (χ1v) is 4.45. The Balaban J connectivity index is 2.21. The van der Waals surface area contributed by atoms with Crippen LogP contribution in [0, 0.1) is 11.6 Å². The molecule has 15 heavy (non-hydrogen) atoms. The van der Waals surface area contributed by atoms with Crippen molar-refractivity contribution in [1.82, 2.24) is 10.1 Å². The van der Waals surface area contributed by atoms with Crippen LogP contribution >= 0.6 is 11.6 Å². The lowest BCUT2D eigenvalue weighted by Gasteiger charge is -1.97. The molecular formula is C9H5ClF2N2O. The number of hydrogen-bond acceptors (Lipinski definition) is 3. The molecule has 0 atom stereocenters. The highest BCUT2D eigenvalue weighted by molar-refractivity contribution is 6.28. The van der Waals surface area contributed by atoms with Gasteiger partial charge in [-0.2, -0.15) is 4.98 Å². The standard InChI is InChI=1S/C9H5ClF2N2O/c10-9-13-8(15-14-9)4-5-1-2-6(11)7(12)3-5/h1-3H,4H2. The Morgan fingerprint density at radius 2 is 2.07 bits per heavy atom. The molecule has 0 aliphatic heterocycles. The summed E-state index contributed by atoms with van der Waals surface area (Å²) in [6.07, 6.45) is 0.219. The van der Waals surface area contributed by atoms with E-state index in [2.05, 4.69) is 10.1 Å². The van der Waals surface area contributed by atoms with Crippen LogP contribution in [0.2, 0.25) is 5.28 Å². The van der Waals surface area contributed by atoms with Gasteiger partial charge in [-0.05, 0) is 34.5 Å². The van der Waals surface area contributed by atoms with Crippen LogP contribution in [0.25, 0.3) is 0 Å². The maximum atomic E-state index is 12.8. The molecule has 0 saturated carbocycles. The number of halogens is 3. The minimum atomic E-state index is -0.905. The zero-order chi connectivity index (χ0) is 10.8. The Hall–Kier alpha value is -1.49. The van der Waals surface area contributed by atoms with Gasteiger partial charge in [-0.3, -0.25) is 0 Å². The minimum Gasteiger partial charge on any atom is -0.338 e. The van der Waals surface area contributed by atoms with Crippen molar-refractivity contribution in [1.29, 1.82) is 0 Å². The maximum Gasteiger partial charge on any atom is 0.263 e. The summed E-state index contributed by atoms with van der Waals surface area (Å²) in [7, 11) is 0. The quantitative estimate of drug-likeness (QED) is 0.796. The fourth-order valence-electron chi connectivity index (χ4n) is 1.13. The Labute approximate surface area is 88.7 Å². The fourth-order valence-corrected chi connectivity index (χ4v) is 1.26. The molecule has 1 aromatic heterocycles. The van der Waals surface area contributed by atoms with Gasteiger partial charge in [0, 0.05) is 0 Å². The highest BCUT2D eigenvalue weighted by atomic mass is 35.5. The van der Waals surface area contributed by atoms with Crippen LogP contribution in [0.1, 0.15) is 11.5 Å². The van der Waals surface area contributed by atoms with Gasteiger partial charge in [0.15, 0.2) is 11.6 Å². The van der Waals surface area contributed by atoms with Gasteiger partial charge in [0.2, 0.25) is 5.89 Å². The predicted molar refractivity (Wildman–Crippen MR) is 48.5 cm³/mol. The highest BCUT2D eigenvalue weighted by Crippen LogP contribution is 2.13. The Kier molecular flexibility index (Phi) is 2.64. The van der Waals surface area contributed by atoms with E-state index in [-0.39, 0.29) is 17.6 Å². The number of nitrogens with zero attached hydrogens (tertiary/aromatic N) is 2. The predicted octanol–water partition coefficient (Wildman–Crippen LogP) is 2.59. The monoisotopic (exact) mass is 230 g/mol. The number of aromatic nitrogens is 2. The van der Waals surface area contributed by atoms with Crippen molar-refractivity contribution in [2.45, 2.75) is 6.42 Å². The fraction of sp³-hybridized carbons (Fsp3) is 0.111. The zero-order valence-corrected chi connectivity index (χ0v) is 8.13. The molecule has 0 bridgehead atoms. The number of benzene rings is 1. The molecule has 0 radical (unpaired) electrons. The Morgan fingerprint density at radius 3 is 2.67 bits per heavy atom. The maximum absolute atomic E-state index is 12.8. The topological polar surface area (TPSA) is 38.9 Å². The molecule has 0 saturated heterocycles. The van der Waals surface area contributed by atoms with E-state index in [4.69, 9.17) is 16.1 Å². The molecule has 2 aromatic rings. The molecule has 1 aromatic carbocycles. The van der Waals surface area contributed by atoms with Gasteiger partial charge < -0.3 is 4.52 Å². The Bertz CT molecular complexity index is 487. The van der Waals surface area contributed by atoms with Gasteiger partial charge in [-0.15, -0.1) is 0 Å². The van der Waals surface area contributed by atoms with Crippen LogP contribution in [0.5, 0.6) is 0 Å². The summed E-state index contributed by atoms with van der Waals surface area (Å²) in [5.74, 6) is -1.54. The molecule has 0 unspecified atom stereocenters. The van der Waals surface area contributed by atoms with Gasteiger partial charge in [0.1, 0.15) is 0 Å². The summed E-state index contributed by atoms with van der Waals surface area (Å²) in [5.41, 5.74) is 0.536. The van der Waals surface area contributed by atoms with E-state index >= 15 is 0 Å². The molecule has 0 N–H and O–H groups in total. The second-order valence-corrected chi connectivity index (χ2v) is 3.22. The summed E-state index contributed by atoms with van der Waals surface area (Å²) in [6.45, 7) is 0. The molecule has 1 heterocycles. The summed E-state index contributed by atoms with van der Waals surface area (Å²) >= 11 is 5.43. The second-order valence-electron chi connectivity index (χ2n) is 2.88. The molecule has 3 nitrogen and oxygen atoms in total. The third-order valence-electron chi connectivity index (χ3n) is 1.78. The van der Waals surface area contributed by atoms with E-state index in [0.717, 1.165) is 12.1 Å². The largest absolute Gasteiger partial charge is 0.338 e. The first-order chi connectivity index (χ1) is 7.15. The van der Waals surface area contributed by atoms with Crippen molar-refractivity contribution in [2.24, 2.45) is 0 Å². The molecule has 0 fully saturated rings. The smallest absolute Gasteiger partial charge is 0.263 e. The van der Waals surface area contributed by atoms with Crippen LogP contribution in [-0.4, -0.2) is 10.1 Å². The van der Waals surface area contributed by atoms with Crippen LogP contribution in [0.3, 0.4) is 0 Å². The molecule has 0 aliphatic carbocycles. The van der Waals surface area contributed by atoms with Crippen molar-refractivity contribution in [3.05, 3.63) is 46.6 Å². The Morgan fingerprint density at radius 1 is 1.27 bits per heavy atom. The lowest BCUT2D eigenvalue weighted by Crippen LogP contribution is -1.91. The summed E-state index contributed by atoms with van der Waals surface area (Å²) < 4.78 is 30.1. The number of hydrogen-bond donors (Lipinski definition) is 0. The van der Waals surface area contributed by atoms with Gasteiger partial charge in [-0.1, -0.05) is 6.07 Å². The van der Waals surface area contributed by atoms with E-state index in [1.165, 1.54) is 6.07 Å². The van der Waals surface area contributed by atoms with E-state index in [9.17, 15) is 8.78 Å². The van der Waals surface area contributed by atoms with Crippen molar-refractivity contribution in [3.8, 4) is 0 Å². The van der Waals surface area contributed by atoms with Gasteiger partial charge in [0.05, 0.1) is 6.42 Å². The van der Waals surface area contributed by atoms with Crippen LogP contribution in [-0.2, 0) is 6.42 Å². The first-order valence-electron chi connectivity index (χ1n) is 4.07. The minimum absolute atomic E-state index is 0.00687. The van der Waals surface area contributed by atoms with Gasteiger partial charge in [0.25, 0.3) is 5.28 Å². The zero-order valence-electron chi connectivity index (χ0n) is 7.38. The molecule has 6 heteroatoms. The molecular weight excluding hydrogens is 226 g/mol. The molecule has 2 rings (SSSR count). The van der Waals surface area contributed by atoms with E-state index in [1.807, 2.05) is 0 Å². The van der Waals surface area contributed by atoms with Crippen LogP contribution < -0.4 is 0 Å². The van der Waals surface area contributed by atoms with Crippen LogP contribution in [0.15, 0.2) is 22.7 Å². The van der Waals surface area contributed by atoms with Crippen molar-refractivity contribution < 1.29 is 13.3 Å². The molecule has 0 spiro atoms. The summed E-state index contributed by atoms with van der Waals surface area (Å²) in [6, 6.07) is 3.56.